The molecule has 0 spiro atoms. The first kappa shape index (κ1) is 16.6. The van der Waals surface area contributed by atoms with E-state index in [1.54, 1.807) is 0 Å². The quantitative estimate of drug-likeness (QED) is 0.343. The van der Waals surface area contributed by atoms with Crippen LogP contribution >= 0.6 is 0 Å². The Morgan fingerprint density at radius 1 is 0.840 bits per heavy atom. The number of pyridine rings is 1. The van der Waals surface area contributed by atoms with Crippen molar-refractivity contribution in [3.8, 4) is 5.69 Å². The highest BCUT2D eigenvalue weighted by Gasteiger charge is 2.05. The lowest BCUT2D eigenvalue weighted by Crippen LogP contribution is -2.29. The monoisotopic (exact) mass is 325 g/mol. The molecule has 1 aromatic heterocycles. The minimum Gasteiger partial charge on any atom is -0.257 e. The Hall–Kier alpha value is -3.26. The van der Waals surface area contributed by atoms with Crippen LogP contribution in [0.2, 0.25) is 0 Å². The molecule has 0 aliphatic carbocycles. The zero-order valence-electron chi connectivity index (χ0n) is 14.3. The van der Waals surface area contributed by atoms with Crippen molar-refractivity contribution in [3.05, 3.63) is 109 Å². The van der Waals surface area contributed by atoms with Crippen molar-refractivity contribution < 1.29 is 4.57 Å². The molecular formula is C23H21N2+. The first-order valence-corrected chi connectivity index (χ1v) is 8.36. The Bertz CT molecular complexity index is 874. The molecule has 0 bridgehead atoms. The van der Waals surface area contributed by atoms with Crippen LogP contribution in [0.3, 0.4) is 0 Å². The van der Waals surface area contributed by atoms with Crippen molar-refractivity contribution in [3.63, 3.8) is 0 Å². The molecule has 0 saturated carbocycles. The average molecular weight is 325 g/mol. The van der Waals surface area contributed by atoms with Gasteiger partial charge in [-0.3, -0.25) is 4.99 Å². The molecule has 2 heteroatoms. The number of aliphatic imine (C=N–C) groups is 1. The van der Waals surface area contributed by atoms with Crippen molar-refractivity contribution in [1.82, 2.24) is 0 Å². The summed E-state index contributed by atoms with van der Waals surface area (Å²) in [6, 6.07) is 24.5. The second kappa shape index (κ2) is 8.55. The van der Waals surface area contributed by atoms with Gasteiger partial charge in [0.1, 0.15) is 0 Å². The third-order valence-electron chi connectivity index (χ3n) is 3.80. The van der Waals surface area contributed by atoms with Crippen LogP contribution in [0.1, 0.15) is 12.5 Å². The lowest BCUT2D eigenvalue weighted by atomic mass is 10.1. The third kappa shape index (κ3) is 4.61. The second-order valence-electron chi connectivity index (χ2n) is 5.57. The predicted molar refractivity (Wildman–Crippen MR) is 105 cm³/mol. The smallest absolute Gasteiger partial charge is 0.210 e. The number of benzene rings is 2. The molecular weight excluding hydrogens is 304 g/mol. The van der Waals surface area contributed by atoms with E-state index in [1.807, 2.05) is 73.8 Å². The van der Waals surface area contributed by atoms with E-state index in [0.717, 1.165) is 22.5 Å². The van der Waals surface area contributed by atoms with Crippen molar-refractivity contribution in [2.75, 3.05) is 0 Å². The minimum absolute atomic E-state index is 0.952. The molecule has 0 unspecified atom stereocenters. The van der Waals surface area contributed by atoms with Gasteiger partial charge in [-0.25, -0.2) is 0 Å². The number of hydrogen-bond acceptors (Lipinski definition) is 1. The molecule has 2 aromatic carbocycles. The van der Waals surface area contributed by atoms with Gasteiger partial charge in [0.25, 0.3) is 0 Å². The Labute approximate surface area is 149 Å². The summed E-state index contributed by atoms with van der Waals surface area (Å²) in [5, 5.41) is 0. The fraction of sp³-hybridized carbons (Fsp3) is 0.0435. The number of rotatable bonds is 5. The SMILES string of the molecule is C/C=C\C(=C/C=Nc1ccccc1)c1cc[n+](-c2ccccc2)cc1. The van der Waals surface area contributed by atoms with Gasteiger partial charge in [0.05, 0.1) is 5.69 Å². The summed E-state index contributed by atoms with van der Waals surface area (Å²) >= 11 is 0. The second-order valence-corrected chi connectivity index (χ2v) is 5.57. The maximum Gasteiger partial charge on any atom is 0.210 e. The number of nitrogens with zero attached hydrogens (tertiary/aromatic N) is 2. The maximum absolute atomic E-state index is 4.48. The highest BCUT2D eigenvalue weighted by molar-refractivity contribution is 5.89. The van der Waals surface area contributed by atoms with Crippen molar-refractivity contribution in [2.24, 2.45) is 4.99 Å². The maximum atomic E-state index is 4.48. The molecule has 0 aliphatic rings. The Morgan fingerprint density at radius 3 is 2.12 bits per heavy atom. The van der Waals surface area contributed by atoms with Gasteiger partial charge in [-0.15, -0.1) is 0 Å². The van der Waals surface area contributed by atoms with Gasteiger partial charge in [-0.2, -0.15) is 4.57 Å². The van der Waals surface area contributed by atoms with Gasteiger partial charge in [0.2, 0.25) is 5.69 Å². The fourth-order valence-electron chi connectivity index (χ4n) is 2.54. The van der Waals surface area contributed by atoms with Crippen molar-refractivity contribution in [1.29, 1.82) is 0 Å². The van der Waals surface area contributed by atoms with Gasteiger partial charge in [0.15, 0.2) is 12.4 Å². The van der Waals surface area contributed by atoms with E-state index in [9.17, 15) is 0 Å². The van der Waals surface area contributed by atoms with Crippen LogP contribution in [0.4, 0.5) is 5.69 Å². The molecule has 2 nitrogen and oxygen atoms in total. The highest BCUT2D eigenvalue weighted by Crippen LogP contribution is 2.15. The Kier molecular flexibility index (Phi) is 5.68. The predicted octanol–water partition coefficient (Wildman–Crippen LogP) is 5.33. The van der Waals surface area contributed by atoms with Crippen LogP contribution in [0.15, 0.2) is 108 Å². The van der Waals surface area contributed by atoms with Crippen LogP contribution < -0.4 is 4.57 Å². The van der Waals surface area contributed by atoms with Crippen LogP contribution in [-0.2, 0) is 0 Å². The van der Waals surface area contributed by atoms with E-state index in [-0.39, 0.29) is 0 Å². The van der Waals surface area contributed by atoms with Gasteiger partial charge in [-0.05, 0) is 36.3 Å². The summed E-state index contributed by atoms with van der Waals surface area (Å²) in [6.45, 7) is 2.02. The normalized spacial score (nSPS) is 12.1. The summed E-state index contributed by atoms with van der Waals surface area (Å²) in [5.74, 6) is 0. The zero-order valence-corrected chi connectivity index (χ0v) is 14.3. The highest BCUT2D eigenvalue weighted by atomic mass is 14.9. The zero-order chi connectivity index (χ0) is 17.3. The van der Waals surface area contributed by atoms with E-state index < -0.39 is 0 Å². The van der Waals surface area contributed by atoms with E-state index in [1.165, 1.54) is 0 Å². The number of hydrogen-bond donors (Lipinski definition) is 0. The van der Waals surface area contributed by atoms with E-state index in [4.69, 9.17) is 0 Å². The van der Waals surface area contributed by atoms with Crippen LogP contribution in [0.25, 0.3) is 11.3 Å². The molecule has 3 rings (SSSR count). The fourth-order valence-corrected chi connectivity index (χ4v) is 2.54. The lowest BCUT2D eigenvalue weighted by molar-refractivity contribution is -0.595. The molecule has 0 aliphatic heterocycles. The molecule has 3 aromatic rings. The molecule has 0 atom stereocenters. The molecule has 0 N–H and O–H groups in total. The van der Waals surface area contributed by atoms with Crippen LogP contribution in [0, 0.1) is 0 Å². The summed E-state index contributed by atoms with van der Waals surface area (Å²) in [6.07, 6.45) is 12.2. The van der Waals surface area contributed by atoms with Gasteiger partial charge in [-0.1, -0.05) is 48.6 Å². The summed E-state index contributed by atoms with van der Waals surface area (Å²) < 4.78 is 2.11. The number of aromatic nitrogens is 1. The Balaban J connectivity index is 1.83. The largest absolute Gasteiger partial charge is 0.257 e. The molecule has 0 amide bonds. The minimum atomic E-state index is 0.952. The molecule has 0 fully saturated rings. The summed E-state index contributed by atoms with van der Waals surface area (Å²) in [7, 11) is 0. The molecule has 122 valence electrons. The molecule has 0 radical (unpaired) electrons. The topological polar surface area (TPSA) is 16.2 Å². The van der Waals surface area contributed by atoms with E-state index in [2.05, 4.69) is 52.3 Å². The first-order valence-electron chi connectivity index (χ1n) is 8.36. The number of allylic oxidation sites excluding steroid dienone is 4. The molecule has 25 heavy (non-hydrogen) atoms. The van der Waals surface area contributed by atoms with Crippen molar-refractivity contribution >= 4 is 17.5 Å². The van der Waals surface area contributed by atoms with Gasteiger partial charge in [0, 0.05) is 30.5 Å². The standard InChI is InChI=1S/C23H21N2/c1-2-9-20(14-17-24-22-10-5-3-6-11-22)21-15-18-25(19-16-21)23-12-7-4-8-13-23/h2-19H,1H3/q+1/b9-2-,20-14+,24-17?. The van der Waals surface area contributed by atoms with E-state index >= 15 is 0 Å². The van der Waals surface area contributed by atoms with Crippen LogP contribution in [-0.4, -0.2) is 6.21 Å². The summed E-state index contributed by atoms with van der Waals surface area (Å²) in [5.41, 5.74) is 4.39. The lowest BCUT2D eigenvalue weighted by Gasteiger charge is -2.01. The Morgan fingerprint density at radius 2 is 1.48 bits per heavy atom. The number of para-hydroxylation sites is 2. The molecule has 1 heterocycles. The average Bonchev–Trinajstić information content (AvgIpc) is 2.69. The van der Waals surface area contributed by atoms with Crippen LogP contribution in [0.5, 0.6) is 0 Å². The third-order valence-corrected chi connectivity index (χ3v) is 3.80. The molecule has 0 saturated heterocycles. The first-order chi connectivity index (χ1) is 12.4. The van der Waals surface area contributed by atoms with Gasteiger partial charge < -0.3 is 0 Å². The summed E-state index contributed by atoms with van der Waals surface area (Å²) in [4.78, 5) is 4.48. The van der Waals surface area contributed by atoms with Crippen molar-refractivity contribution in [2.45, 2.75) is 6.92 Å². The van der Waals surface area contributed by atoms with Gasteiger partial charge >= 0.3 is 0 Å². The van der Waals surface area contributed by atoms with E-state index in [0.29, 0.717) is 0 Å².